The monoisotopic (exact) mass is 963 g/mol. The van der Waals surface area contributed by atoms with E-state index in [1.165, 1.54) is 0 Å². The second-order valence-electron chi connectivity index (χ2n) is 8.65. The van der Waals surface area contributed by atoms with Crippen LogP contribution >= 0.6 is 0 Å². The molecule has 1 aliphatic heterocycles. The van der Waals surface area contributed by atoms with Gasteiger partial charge in [0.05, 0.1) is 0 Å². The van der Waals surface area contributed by atoms with Crippen molar-refractivity contribution in [3.05, 3.63) is 65.1 Å². The first-order valence-corrected chi connectivity index (χ1v) is 9.78. The predicted octanol–water partition coefficient (Wildman–Crippen LogP) is 5.01. The molecule has 3 rings (SSSR count). The Labute approximate surface area is 365 Å². The molecule has 0 saturated carbocycles. The first kappa shape index (κ1) is 46.8. The van der Waals surface area contributed by atoms with Crippen molar-refractivity contribution < 1.29 is 237 Å². The maximum absolute atomic E-state index is 13.0. The van der Waals surface area contributed by atoms with Crippen LogP contribution in [0.25, 0.3) is 0 Å². The average molecular weight is 964 g/mol. The molecule has 149 valence electrons. The molecule has 0 fully saturated rings. The minimum atomic E-state index is -3.46. The molecule has 0 spiro atoms. The van der Waals surface area contributed by atoms with Crippen molar-refractivity contribution >= 4 is 9.84 Å². The SMILES string of the molecule is CC(C)(C)c1ccc2c(c1)[CH-]c1cc(C(C)(C)C)ccc1S2(=O)=O.[Y].[Y].[Y].[Y].[Y].[Y].[Y]. The first-order valence-electron chi connectivity index (χ1n) is 8.29. The summed E-state index contributed by atoms with van der Waals surface area (Å²) in [7, 11) is -3.46. The molecule has 0 unspecified atom stereocenters. The number of sulfone groups is 1. The Morgan fingerprint density at radius 3 is 1.13 bits per heavy atom. The molecule has 2 aromatic rings. The minimum Gasteiger partial charge on any atom is -0.234 e. The summed E-state index contributed by atoms with van der Waals surface area (Å²) in [6, 6.07) is 11.4. The molecule has 2 aromatic carbocycles. The van der Waals surface area contributed by atoms with Gasteiger partial charge in [-0.15, -0.1) is 29.7 Å². The Balaban J connectivity index is -0.000000322. The summed E-state index contributed by atoms with van der Waals surface area (Å²) in [6.07, 6.45) is 2.01. The second-order valence-corrected chi connectivity index (χ2v) is 10.5. The number of rotatable bonds is 0. The van der Waals surface area contributed by atoms with Crippen LogP contribution in [0.4, 0.5) is 0 Å². The van der Waals surface area contributed by atoms with Crippen LogP contribution in [0, 0.1) is 6.42 Å². The van der Waals surface area contributed by atoms with Gasteiger partial charge in [0.15, 0.2) is 9.84 Å². The molecular weight excluding hydrogens is 939 g/mol. The summed E-state index contributed by atoms with van der Waals surface area (Å²) in [5.74, 6) is 0. The average Bonchev–Trinajstić information content (AvgIpc) is 2.44. The van der Waals surface area contributed by atoms with Crippen molar-refractivity contribution in [3.8, 4) is 0 Å². The Hall–Kier alpha value is 5.99. The summed E-state index contributed by atoms with van der Waals surface area (Å²) < 4.78 is 26.0. The molecule has 1 heterocycles. The fourth-order valence-corrected chi connectivity index (χ4v) is 4.62. The largest absolute Gasteiger partial charge is 0.234 e. The van der Waals surface area contributed by atoms with E-state index in [1.54, 1.807) is 12.1 Å². The van der Waals surface area contributed by atoms with Crippen molar-refractivity contribution in [2.45, 2.75) is 62.2 Å². The van der Waals surface area contributed by atoms with Gasteiger partial charge in [-0.05, 0) is 10.8 Å². The third kappa shape index (κ3) is 11.6. The van der Waals surface area contributed by atoms with E-state index in [0.717, 1.165) is 22.3 Å². The van der Waals surface area contributed by atoms with E-state index in [9.17, 15) is 8.42 Å². The molecular formula is C21H25O2SY7-. The van der Waals surface area contributed by atoms with Crippen molar-refractivity contribution in [3.63, 3.8) is 0 Å². The Morgan fingerprint density at radius 2 is 0.871 bits per heavy atom. The summed E-state index contributed by atoms with van der Waals surface area (Å²) in [6.45, 7) is 12.8. The Kier molecular flexibility index (Phi) is 27.7. The van der Waals surface area contributed by atoms with Crippen LogP contribution in [-0.4, -0.2) is 8.42 Å². The van der Waals surface area contributed by atoms with Gasteiger partial charge < -0.3 is 0 Å². The molecule has 0 aliphatic carbocycles. The molecule has 0 N–H and O–H groups in total. The van der Waals surface area contributed by atoms with Gasteiger partial charge in [0.25, 0.3) is 0 Å². The van der Waals surface area contributed by atoms with Crippen LogP contribution in [0.3, 0.4) is 0 Å². The topological polar surface area (TPSA) is 34.1 Å². The van der Waals surface area contributed by atoms with Crippen LogP contribution < -0.4 is 0 Å². The zero-order chi connectivity index (χ0) is 17.9. The molecule has 0 saturated heterocycles. The van der Waals surface area contributed by atoms with Crippen molar-refractivity contribution in [1.82, 2.24) is 0 Å². The zero-order valence-electron chi connectivity index (χ0n) is 19.3. The number of benzene rings is 2. The molecule has 7 radical (unpaired) electrons. The van der Waals surface area contributed by atoms with Gasteiger partial charge in [-0.3, -0.25) is 0 Å². The zero-order valence-corrected chi connectivity index (χ0v) is 40.0. The fraction of sp³-hybridized carbons (Fsp3) is 0.381. The van der Waals surface area contributed by atoms with Crippen LogP contribution in [0.2, 0.25) is 0 Å². The third-order valence-electron chi connectivity index (χ3n) is 4.64. The molecule has 0 aromatic heterocycles. The standard InChI is InChI=1S/C21H25O2S.7Y/c1-20(2,3)16-7-9-18-14(12-16)11-15-13-17(21(4,5)6)8-10-19(15)24(18,22)23;;;;;;;/h7-13H,1-6H3;;;;;;;/q-1;;;;;;;. The van der Waals surface area contributed by atoms with Crippen LogP contribution in [0.1, 0.15) is 63.8 Å². The van der Waals surface area contributed by atoms with Gasteiger partial charge in [-0.25, -0.2) is 8.42 Å². The maximum Gasteiger partial charge on any atom is 0.152 e. The van der Waals surface area contributed by atoms with Crippen molar-refractivity contribution in [2.75, 3.05) is 0 Å². The third-order valence-corrected chi connectivity index (χ3v) is 6.54. The van der Waals surface area contributed by atoms with E-state index >= 15 is 0 Å². The molecule has 0 bridgehead atoms. The molecule has 0 amide bonds. The number of hydrogen-bond acceptors (Lipinski definition) is 2. The van der Waals surface area contributed by atoms with Crippen molar-refractivity contribution in [2.24, 2.45) is 0 Å². The van der Waals surface area contributed by atoms with Crippen molar-refractivity contribution in [1.29, 1.82) is 0 Å². The van der Waals surface area contributed by atoms with E-state index in [-0.39, 0.29) is 240 Å². The minimum absolute atomic E-state index is 0. The molecule has 2 nitrogen and oxygen atoms in total. The number of hydrogen-bond donors (Lipinski definition) is 0. The van der Waals surface area contributed by atoms with Gasteiger partial charge in [0.2, 0.25) is 0 Å². The van der Waals surface area contributed by atoms with Crippen LogP contribution in [0.5, 0.6) is 0 Å². The Bertz CT molecular complexity index is 862. The molecule has 10 heteroatoms. The quantitative estimate of drug-likeness (QED) is 0.298. The van der Waals surface area contributed by atoms with Crippen LogP contribution in [-0.2, 0) is 250 Å². The normalized spacial score (nSPS) is 12.5. The van der Waals surface area contributed by atoms with Gasteiger partial charge in [-0.1, -0.05) is 76.9 Å². The van der Waals surface area contributed by atoms with Gasteiger partial charge in [0.1, 0.15) is 0 Å². The van der Waals surface area contributed by atoms with E-state index in [0.29, 0.717) is 9.79 Å². The Morgan fingerprint density at radius 1 is 0.581 bits per heavy atom. The fourth-order valence-electron chi connectivity index (χ4n) is 3.03. The summed E-state index contributed by atoms with van der Waals surface area (Å²) in [4.78, 5) is 0.818. The maximum atomic E-state index is 13.0. The summed E-state index contributed by atoms with van der Waals surface area (Å²) >= 11 is 0. The number of fused-ring (bicyclic) bond motifs is 2. The smallest absolute Gasteiger partial charge is 0.152 e. The van der Waals surface area contributed by atoms with Gasteiger partial charge in [0, 0.05) is 239 Å². The van der Waals surface area contributed by atoms with E-state index in [4.69, 9.17) is 0 Å². The van der Waals surface area contributed by atoms with E-state index < -0.39 is 9.84 Å². The van der Waals surface area contributed by atoms with E-state index in [2.05, 4.69) is 41.5 Å². The van der Waals surface area contributed by atoms with Gasteiger partial charge >= 0.3 is 0 Å². The van der Waals surface area contributed by atoms with Crippen LogP contribution in [0.15, 0.2) is 46.2 Å². The molecule has 0 atom stereocenters. The molecule has 1 aliphatic rings. The van der Waals surface area contributed by atoms with Gasteiger partial charge in [-0.2, -0.15) is 0 Å². The predicted molar refractivity (Wildman–Crippen MR) is 98.2 cm³/mol. The summed E-state index contributed by atoms with van der Waals surface area (Å²) in [5.41, 5.74) is 3.84. The summed E-state index contributed by atoms with van der Waals surface area (Å²) in [5, 5.41) is 0. The van der Waals surface area contributed by atoms with E-state index in [1.807, 2.05) is 30.7 Å². The molecule has 31 heavy (non-hydrogen) atoms. The first-order chi connectivity index (χ1) is 10.9. The second kappa shape index (κ2) is 18.4.